The Morgan fingerprint density at radius 2 is 1.91 bits per heavy atom. The fourth-order valence-corrected chi connectivity index (χ4v) is 6.03. The van der Waals surface area contributed by atoms with Crippen LogP contribution in [0.3, 0.4) is 0 Å². The lowest BCUT2D eigenvalue weighted by Crippen LogP contribution is -2.48. The van der Waals surface area contributed by atoms with Crippen LogP contribution in [0, 0.1) is 11.8 Å². The number of rotatable bonds is 8. The molecule has 6 heteroatoms. The van der Waals surface area contributed by atoms with Crippen molar-refractivity contribution in [1.29, 1.82) is 0 Å². The molecule has 0 spiro atoms. The highest BCUT2D eigenvalue weighted by Crippen LogP contribution is 2.44. The van der Waals surface area contributed by atoms with E-state index in [2.05, 4.69) is 37.1 Å². The van der Waals surface area contributed by atoms with Crippen molar-refractivity contribution in [1.82, 2.24) is 15.1 Å². The molecule has 2 atom stereocenters. The molecular weight excluding hydrogens is 430 g/mol. The van der Waals surface area contributed by atoms with Gasteiger partial charge in [0.25, 0.3) is 5.91 Å². The second-order valence-corrected chi connectivity index (χ2v) is 11.0. The van der Waals surface area contributed by atoms with Crippen molar-refractivity contribution in [2.75, 3.05) is 32.7 Å². The Morgan fingerprint density at radius 1 is 1.15 bits per heavy atom. The minimum Gasteiger partial charge on any atom is -0.355 e. The normalized spacial score (nSPS) is 21.9. The fraction of sp³-hybridized carbons (Fsp3) is 0.556. The molecule has 3 heterocycles. The van der Waals surface area contributed by atoms with Crippen molar-refractivity contribution in [2.24, 2.45) is 11.8 Å². The standard InChI is InChI=1S/C27H37N3O2S/c1-19(2)18-30-25(23-10-6-17-33-23)24(21-8-4-5-9-22(21)27(30)32)26(31)28-13-7-14-29-15-11-20(3)12-16-29/h4-6,8-10,17,19-20,24-25H,7,11-16,18H2,1-3H3,(H,28,31)/t24-,25+/m1/s1. The van der Waals surface area contributed by atoms with E-state index in [0.717, 1.165) is 42.4 Å². The molecule has 2 aromatic rings. The molecule has 0 unspecified atom stereocenters. The van der Waals surface area contributed by atoms with Crippen LogP contribution in [0.15, 0.2) is 41.8 Å². The first-order valence-corrected chi connectivity index (χ1v) is 13.3. The van der Waals surface area contributed by atoms with Crippen LogP contribution in [0.1, 0.15) is 72.8 Å². The Morgan fingerprint density at radius 3 is 2.61 bits per heavy atom. The summed E-state index contributed by atoms with van der Waals surface area (Å²) in [4.78, 5) is 32.6. The van der Waals surface area contributed by atoms with E-state index in [-0.39, 0.29) is 17.9 Å². The molecule has 1 aromatic heterocycles. The maximum Gasteiger partial charge on any atom is 0.254 e. The maximum atomic E-state index is 13.6. The third kappa shape index (κ3) is 5.49. The summed E-state index contributed by atoms with van der Waals surface area (Å²) in [6.07, 6.45) is 3.49. The predicted molar refractivity (Wildman–Crippen MR) is 135 cm³/mol. The number of piperidine rings is 1. The zero-order valence-corrected chi connectivity index (χ0v) is 20.9. The zero-order chi connectivity index (χ0) is 23.4. The minimum atomic E-state index is -0.396. The van der Waals surface area contributed by atoms with Gasteiger partial charge in [0.15, 0.2) is 0 Å². The number of amides is 2. The predicted octanol–water partition coefficient (Wildman–Crippen LogP) is 4.92. The number of likely N-dealkylation sites (tertiary alicyclic amines) is 1. The highest BCUT2D eigenvalue weighted by molar-refractivity contribution is 7.10. The molecule has 1 fully saturated rings. The molecule has 0 saturated carbocycles. The summed E-state index contributed by atoms with van der Waals surface area (Å²) in [6.45, 7) is 11.2. The molecule has 2 aliphatic heterocycles. The smallest absolute Gasteiger partial charge is 0.254 e. The van der Waals surface area contributed by atoms with Gasteiger partial charge in [-0.25, -0.2) is 0 Å². The number of nitrogens with zero attached hydrogens (tertiary/aromatic N) is 2. The molecule has 33 heavy (non-hydrogen) atoms. The third-order valence-corrected chi connectivity index (χ3v) is 7.89. The molecule has 4 rings (SSSR count). The summed E-state index contributed by atoms with van der Waals surface area (Å²) in [5.74, 6) is 0.804. The molecule has 0 bridgehead atoms. The fourth-order valence-electron chi connectivity index (χ4n) is 5.16. The van der Waals surface area contributed by atoms with Gasteiger partial charge in [-0.1, -0.05) is 45.0 Å². The maximum absolute atomic E-state index is 13.6. The number of nitrogens with one attached hydrogen (secondary N) is 1. The van der Waals surface area contributed by atoms with Gasteiger partial charge in [-0.3, -0.25) is 9.59 Å². The van der Waals surface area contributed by atoms with Crippen molar-refractivity contribution in [3.8, 4) is 0 Å². The van der Waals surface area contributed by atoms with Gasteiger partial charge in [0.05, 0.1) is 12.0 Å². The summed E-state index contributed by atoms with van der Waals surface area (Å²) in [5.41, 5.74) is 1.51. The molecule has 1 saturated heterocycles. The van der Waals surface area contributed by atoms with E-state index in [9.17, 15) is 9.59 Å². The van der Waals surface area contributed by atoms with Crippen molar-refractivity contribution in [2.45, 2.75) is 52.0 Å². The highest BCUT2D eigenvalue weighted by Gasteiger charge is 2.44. The highest BCUT2D eigenvalue weighted by atomic mass is 32.1. The second-order valence-electron chi connectivity index (χ2n) is 10.0. The number of carbonyl (C=O) groups excluding carboxylic acids is 2. The average Bonchev–Trinajstić information content (AvgIpc) is 3.33. The van der Waals surface area contributed by atoms with E-state index < -0.39 is 5.92 Å². The number of thiophene rings is 1. The lowest BCUT2D eigenvalue weighted by molar-refractivity contribution is -0.124. The lowest BCUT2D eigenvalue weighted by atomic mass is 9.81. The van der Waals surface area contributed by atoms with E-state index in [1.165, 1.54) is 12.8 Å². The number of hydrogen-bond acceptors (Lipinski definition) is 4. The topological polar surface area (TPSA) is 52.7 Å². The summed E-state index contributed by atoms with van der Waals surface area (Å²) in [7, 11) is 0. The Bertz CT molecular complexity index is 935. The molecule has 0 radical (unpaired) electrons. The van der Waals surface area contributed by atoms with Crippen molar-refractivity contribution in [3.63, 3.8) is 0 Å². The Hall–Kier alpha value is -2.18. The van der Waals surface area contributed by atoms with Gasteiger partial charge in [-0.2, -0.15) is 0 Å². The largest absolute Gasteiger partial charge is 0.355 e. The van der Waals surface area contributed by atoms with E-state index >= 15 is 0 Å². The summed E-state index contributed by atoms with van der Waals surface area (Å²) in [6, 6.07) is 11.5. The SMILES string of the molecule is CC(C)CN1C(=O)c2ccccc2[C@@H](C(=O)NCCCN2CCC(C)CC2)[C@@H]1c1cccs1. The Labute approximate surface area is 202 Å². The van der Waals surface area contributed by atoms with Crippen molar-refractivity contribution in [3.05, 3.63) is 57.8 Å². The number of carbonyl (C=O) groups is 2. The second kappa shape index (κ2) is 10.8. The van der Waals surface area contributed by atoms with Crippen LogP contribution in [-0.4, -0.2) is 54.3 Å². The van der Waals surface area contributed by atoms with E-state index in [1.54, 1.807) is 11.3 Å². The molecule has 1 aromatic carbocycles. The average molecular weight is 468 g/mol. The number of hydrogen-bond donors (Lipinski definition) is 1. The number of fused-ring (bicyclic) bond motifs is 1. The van der Waals surface area contributed by atoms with E-state index in [1.807, 2.05) is 40.6 Å². The van der Waals surface area contributed by atoms with Gasteiger partial charge in [-0.05, 0) is 73.8 Å². The summed E-state index contributed by atoms with van der Waals surface area (Å²) >= 11 is 1.62. The molecule has 178 valence electrons. The van der Waals surface area contributed by atoms with Crippen LogP contribution in [0.4, 0.5) is 0 Å². The molecule has 2 aliphatic rings. The van der Waals surface area contributed by atoms with Crippen molar-refractivity contribution >= 4 is 23.2 Å². The van der Waals surface area contributed by atoms with Crippen LogP contribution >= 0.6 is 11.3 Å². The molecule has 5 nitrogen and oxygen atoms in total. The molecular formula is C27H37N3O2S. The van der Waals surface area contributed by atoms with Crippen molar-refractivity contribution < 1.29 is 9.59 Å². The summed E-state index contributed by atoms with van der Waals surface area (Å²) < 4.78 is 0. The van der Waals surface area contributed by atoms with Crippen LogP contribution in [-0.2, 0) is 4.79 Å². The monoisotopic (exact) mass is 467 g/mol. The molecule has 1 N–H and O–H groups in total. The van der Waals surface area contributed by atoms with Crippen LogP contribution < -0.4 is 5.32 Å². The minimum absolute atomic E-state index is 0.0226. The first-order valence-electron chi connectivity index (χ1n) is 12.4. The van der Waals surface area contributed by atoms with E-state index in [0.29, 0.717) is 24.6 Å². The first-order chi connectivity index (χ1) is 16.0. The van der Waals surface area contributed by atoms with Gasteiger partial charge < -0.3 is 15.1 Å². The van der Waals surface area contributed by atoms with E-state index in [4.69, 9.17) is 0 Å². The molecule has 0 aliphatic carbocycles. The Kier molecular flexibility index (Phi) is 7.86. The Balaban J connectivity index is 1.52. The zero-order valence-electron chi connectivity index (χ0n) is 20.1. The van der Waals surface area contributed by atoms with Crippen LogP contribution in [0.5, 0.6) is 0 Å². The van der Waals surface area contributed by atoms with Gasteiger partial charge >= 0.3 is 0 Å². The van der Waals surface area contributed by atoms with Gasteiger partial charge in [-0.15, -0.1) is 11.3 Å². The van der Waals surface area contributed by atoms with Crippen LogP contribution in [0.25, 0.3) is 0 Å². The van der Waals surface area contributed by atoms with Gasteiger partial charge in [0.2, 0.25) is 5.91 Å². The van der Waals surface area contributed by atoms with Gasteiger partial charge in [0, 0.05) is 23.5 Å². The molecule has 2 amide bonds. The quantitative estimate of drug-likeness (QED) is 0.561. The summed E-state index contributed by atoms with van der Waals surface area (Å²) in [5, 5.41) is 5.25. The van der Waals surface area contributed by atoms with Crippen LogP contribution in [0.2, 0.25) is 0 Å². The third-order valence-electron chi connectivity index (χ3n) is 6.94. The lowest BCUT2D eigenvalue weighted by Gasteiger charge is -2.42. The number of benzene rings is 1. The van der Waals surface area contributed by atoms with Gasteiger partial charge in [0.1, 0.15) is 0 Å². The first kappa shape index (κ1) is 24.0.